The number of likely N-dealkylation sites (tertiary alicyclic amines) is 1. The summed E-state index contributed by atoms with van der Waals surface area (Å²) in [6.45, 7) is 9.16. The fraction of sp³-hybridized carbons (Fsp3) is 0.545. The van der Waals surface area contributed by atoms with E-state index in [9.17, 15) is 8.78 Å². The van der Waals surface area contributed by atoms with E-state index in [1.807, 2.05) is 20.8 Å². The monoisotopic (exact) mass is 405 g/mol. The van der Waals surface area contributed by atoms with Crippen LogP contribution in [0.5, 0.6) is 11.6 Å². The lowest BCUT2D eigenvalue weighted by atomic mass is 9.97. The molecule has 0 aliphatic carbocycles. The van der Waals surface area contributed by atoms with Crippen molar-refractivity contribution in [2.45, 2.75) is 45.6 Å². The summed E-state index contributed by atoms with van der Waals surface area (Å²) in [6.07, 6.45) is 6.17. The summed E-state index contributed by atoms with van der Waals surface area (Å²) >= 11 is 0. The van der Waals surface area contributed by atoms with Crippen LogP contribution in [-0.2, 0) is 6.42 Å². The van der Waals surface area contributed by atoms with Crippen LogP contribution in [0, 0.1) is 17.6 Å². The third-order valence-corrected chi connectivity index (χ3v) is 4.83. The van der Waals surface area contributed by atoms with Crippen LogP contribution in [0.25, 0.3) is 0 Å². The first-order valence-corrected chi connectivity index (χ1v) is 10.1. The molecule has 0 saturated carbocycles. The first-order valence-electron chi connectivity index (χ1n) is 10.1. The Labute approximate surface area is 171 Å². The summed E-state index contributed by atoms with van der Waals surface area (Å²) in [7, 11) is 0. The standard InChI is InChI=1S/C22H29F2N3O2/c1-22(2,3)29-21-14-25-13-18(26-21)8-11-27-9-6-16(7-10-27)15-28-20-12-17(23)4-5-19(20)24/h4-5,12-14,16H,6-11,15H2,1-3H3. The van der Waals surface area contributed by atoms with Gasteiger partial charge in [-0.15, -0.1) is 0 Å². The lowest BCUT2D eigenvalue weighted by Crippen LogP contribution is -2.36. The molecule has 1 aliphatic rings. The zero-order chi connectivity index (χ0) is 20.9. The summed E-state index contributed by atoms with van der Waals surface area (Å²) < 4.78 is 38.2. The summed E-state index contributed by atoms with van der Waals surface area (Å²) in [5.74, 6) is -0.130. The van der Waals surface area contributed by atoms with Crippen LogP contribution in [0.2, 0.25) is 0 Å². The van der Waals surface area contributed by atoms with Crippen LogP contribution in [-0.4, -0.2) is 46.7 Å². The number of halogens is 2. The van der Waals surface area contributed by atoms with Gasteiger partial charge in [-0.05, 0) is 64.8 Å². The van der Waals surface area contributed by atoms with Gasteiger partial charge in [-0.1, -0.05) is 0 Å². The molecule has 0 amide bonds. The lowest BCUT2D eigenvalue weighted by molar-refractivity contribution is 0.122. The van der Waals surface area contributed by atoms with E-state index in [2.05, 4.69) is 14.9 Å². The Morgan fingerprint density at radius 2 is 1.90 bits per heavy atom. The average Bonchev–Trinajstić information content (AvgIpc) is 2.67. The molecule has 5 nitrogen and oxygen atoms in total. The van der Waals surface area contributed by atoms with Crippen LogP contribution in [0.15, 0.2) is 30.6 Å². The zero-order valence-electron chi connectivity index (χ0n) is 17.3. The number of piperidine rings is 1. The molecule has 7 heteroatoms. The third kappa shape index (κ3) is 6.92. The van der Waals surface area contributed by atoms with Gasteiger partial charge in [0.15, 0.2) is 11.6 Å². The van der Waals surface area contributed by atoms with Gasteiger partial charge in [0.25, 0.3) is 0 Å². The quantitative estimate of drug-likeness (QED) is 0.689. The van der Waals surface area contributed by atoms with Gasteiger partial charge in [0.05, 0.1) is 18.5 Å². The van der Waals surface area contributed by atoms with Crippen LogP contribution < -0.4 is 9.47 Å². The minimum Gasteiger partial charge on any atom is -0.490 e. The summed E-state index contributed by atoms with van der Waals surface area (Å²) in [4.78, 5) is 11.2. The van der Waals surface area contributed by atoms with Gasteiger partial charge in [-0.3, -0.25) is 4.98 Å². The molecule has 1 saturated heterocycles. The molecular formula is C22H29F2N3O2. The maximum absolute atomic E-state index is 13.6. The number of benzene rings is 1. The van der Waals surface area contributed by atoms with E-state index in [0.29, 0.717) is 18.4 Å². The zero-order valence-corrected chi connectivity index (χ0v) is 17.3. The Balaban J connectivity index is 1.41. The maximum Gasteiger partial charge on any atom is 0.233 e. The fourth-order valence-corrected chi connectivity index (χ4v) is 3.31. The Morgan fingerprint density at radius 1 is 1.14 bits per heavy atom. The second-order valence-corrected chi connectivity index (χ2v) is 8.48. The number of hydrogen-bond acceptors (Lipinski definition) is 5. The first-order chi connectivity index (χ1) is 13.8. The molecule has 1 aliphatic heterocycles. The first kappa shape index (κ1) is 21.4. The number of rotatable bonds is 7. The van der Waals surface area contributed by atoms with E-state index in [4.69, 9.17) is 9.47 Å². The summed E-state index contributed by atoms with van der Waals surface area (Å²) in [6, 6.07) is 3.29. The largest absolute Gasteiger partial charge is 0.490 e. The van der Waals surface area contributed by atoms with E-state index in [0.717, 1.165) is 62.8 Å². The molecule has 2 heterocycles. The molecule has 0 unspecified atom stereocenters. The van der Waals surface area contributed by atoms with Gasteiger partial charge >= 0.3 is 0 Å². The maximum atomic E-state index is 13.6. The molecule has 0 bridgehead atoms. The van der Waals surface area contributed by atoms with Crippen molar-refractivity contribution >= 4 is 0 Å². The van der Waals surface area contributed by atoms with Crippen molar-refractivity contribution in [1.29, 1.82) is 0 Å². The molecule has 0 N–H and O–H groups in total. The van der Waals surface area contributed by atoms with Gasteiger partial charge in [-0.25, -0.2) is 13.8 Å². The molecule has 1 fully saturated rings. The molecule has 0 spiro atoms. The number of aromatic nitrogens is 2. The second kappa shape index (κ2) is 9.48. The minimum absolute atomic E-state index is 0.0108. The predicted molar refractivity (Wildman–Crippen MR) is 107 cm³/mol. The fourth-order valence-electron chi connectivity index (χ4n) is 3.31. The van der Waals surface area contributed by atoms with Crippen LogP contribution in [0.4, 0.5) is 8.78 Å². The normalized spacial score (nSPS) is 16.0. The van der Waals surface area contributed by atoms with Gasteiger partial charge in [0.1, 0.15) is 11.4 Å². The Hall–Kier alpha value is -2.28. The molecule has 1 aromatic heterocycles. The number of ether oxygens (including phenoxy) is 2. The van der Waals surface area contributed by atoms with E-state index >= 15 is 0 Å². The molecular weight excluding hydrogens is 376 g/mol. The minimum atomic E-state index is -0.525. The van der Waals surface area contributed by atoms with Crippen molar-refractivity contribution in [1.82, 2.24) is 14.9 Å². The third-order valence-electron chi connectivity index (χ3n) is 4.83. The molecule has 3 rings (SSSR count). The highest BCUT2D eigenvalue weighted by Crippen LogP contribution is 2.22. The van der Waals surface area contributed by atoms with Gasteiger partial charge in [0.2, 0.25) is 5.88 Å². The highest BCUT2D eigenvalue weighted by Gasteiger charge is 2.20. The molecule has 2 aromatic rings. The van der Waals surface area contributed by atoms with Crippen molar-refractivity contribution in [2.24, 2.45) is 5.92 Å². The second-order valence-electron chi connectivity index (χ2n) is 8.48. The Bertz CT molecular complexity index is 803. The Kier molecular flexibility index (Phi) is 7.00. The van der Waals surface area contributed by atoms with Crippen molar-refractivity contribution in [2.75, 3.05) is 26.2 Å². The van der Waals surface area contributed by atoms with Crippen LogP contribution in [0.1, 0.15) is 39.3 Å². The van der Waals surface area contributed by atoms with Gasteiger partial charge in [-0.2, -0.15) is 0 Å². The molecule has 1 aromatic carbocycles. The average molecular weight is 405 g/mol. The lowest BCUT2D eigenvalue weighted by Gasteiger charge is -2.31. The SMILES string of the molecule is CC(C)(C)Oc1cncc(CCN2CCC(COc3cc(F)ccc3F)CC2)n1. The van der Waals surface area contributed by atoms with E-state index in [1.54, 1.807) is 12.4 Å². The highest BCUT2D eigenvalue weighted by molar-refractivity contribution is 5.24. The summed E-state index contributed by atoms with van der Waals surface area (Å²) in [5.41, 5.74) is 0.616. The molecule has 158 valence electrons. The molecule has 0 radical (unpaired) electrons. The van der Waals surface area contributed by atoms with Crippen LogP contribution >= 0.6 is 0 Å². The van der Waals surface area contributed by atoms with Crippen molar-refractivity contribution in [3.63, 3.8) is 0 Å². The van der Waals surface area contributed by atoms with Crippen molar-refractivity contribution in [3.05, 3.63) is 47.9 Å². The van der Waals surface area contributed by atoms with Gasteiger partial charge in [0, 0.05) is 25.2 Å². The topological polar surface area (TPSA) is 47.5 Å². The number of hydrogen-bond donors (Lipinski definition) is 0. The Morgan fingerprint density at radius 3 is 2.62 bits per heavy atom. The van der Waals surface area contributed by atoms with E-state index in [1.165, 1.54) is 0 Å². The summed E-state index contributed by atoms with van der Waals surface area (Å²) in [5, 5.41) is 0. The van der Waals surface area contributed by atoms with E-state index < -0.39 is 11.6 Å². The number of nitrogens with zero attached hydrogens (tertiary/aromatic N) is 3. The van der Waals surface area contributed by atoms with E-state index in [-0.39, 0.29) is 11.4 Å². The van der Waals surface area contributed by atoms with Crippen molar-refractivity contribution < 1.29 is 18.3 Å². The van der Waals surface area contributed by atoms with Crippen LogP contribution in [0.3, 0.4) is 0 Å². The van der Waals surface area contributed by atoms with Crippen molar-refractivity contribution in [3.8, 4) is 11.6 Å². The smallest absolute Gasteiger partial charge is 0.233 e. The van der Waals surface area contributed by atoms with Gasteiger partial charge < -0.3 is 14.4 Å². The highest BCUT2D eigenvalue weighted by atomic mass is 19.1. The predicted octanol–water partition coefficient (Wildman–Crippen LogP) is 4.27. The molecule has 0 atom stereocenters. The molecule has 29 heavy (non-hydrogen) atoms.